The number of anilines is 1. The summed E-state index contributed by atoms with van der Waals surface area (Å²) in [7, 11) is -4.02. The predicted octanol–water partition coefficient (Wildman–Crippen LogP) is 3.72. The van der Waals surface area contributed by atoms with Crippen molar-refractivity contribution in [2.75, 3.05) is 4.31 Å². The third-order valence-corrected chi connectivity index (χ3v) is 5.20. The third-order valence-electron chi connectivity index (χ3n) is 3.48. The van der Waals surface area contributed by atoms with E-state index in [1.54, 1.807) is 78.9 Å². The second kappa shape index (κ2) is 6.68. The topological polar surface area (TPSA) is 54.5 Å². The SMILES string of the molecule is O=C(c1ccccc1)N(c1ccccc1)S(=O)(=O)c1ccccc1. The van der Waals surface area contributed by atoms with Crippen LogP contribution in [0, 0.1) is 0 Å². The number of nitrogens with zero attached hydrogens (tertiary/aromatic N) is 1. The van der Waals surface area contributed by atoms with Gasteiger partial charge in [-0.15, -0.1) is 0 Å². The molecule has 0 fully saturated rings. The van der Waals surface area contributed by atoms with Gasteiger partial charge in [0, 0.05) is 5.56 Å². The Morgan fingerprint density at radius 3 is 1.67 bits per heavy atom. The summed E-state index contributed by atoms with van der Waals surface area (Å²) in [5.74, 6) is -0.592. The number of benzene rings is 3. The summed E-state index contributed by atoms with van der Waals surface area (Å²) < 4.78 is 27.0. The molecule has 3 aromatic rings. The number of amides is 1. The summed E-state index contributed by atoms with van der Waals surface area (Å²) in [5, 5.41) is 0. The van der Waals surface area contributed by atoms with Crippen molar-refractivity contribution in [1.82, 2.24) is 0 Å². The Hall–Kier alpha value is -2.92. The number of sulfonamides is 1. The summed E-state index contributed by atoms with van der Waals surface area (Å²) in [6.07, 6.45) is 0. The summed E-state index contributed by atoms with van der Waals surface area (Å²) >= 11 is 0. The lowest BCUT2D eigenvalue weighted by molar-refractivity contribution is 0.101. The summed E-state index contributed by atoms with van der Waals surface area (Å²) in [6.45, 7) is 0. The van der Waals surface area contributed by atoms with Crippen LogP contribution in [-0.2, 0) is 10.0 Å². The molecular weight excluding hydrogens is 322 g/mol. The van der Waals surface area contributed by atoms with E-state index in [1.807, 2.05) is 0 Å². The minimum Gasteiger partial charge on any atom is -0.268 e. The molecule has 0 aliphatic heterocycles. The van der Waals surface area contributed by atoms with Crippen molar-refractivity contribution in [3.05, 3.63) is 96.6 Å². The second-order valence-corrected chi connectivity index (χ2v) is 6.88. The molecule has 0 saturated carbocycles. The highest BCUT2D eigenvalue weighted by Crippen LogP contribution is 2.25. The summed E-state index contributed by atoms with van der Waals surface area (Å²) in [6, 6.07) is 24.7. The van der Waals surface area contributed by atoms with Crippen LogP contribution in [0.5, 0.6) is 0 Å². The van der Waals surface area contributed by atoms with E-state index < -0.39 is 15.9 Å². The molecule has 3 aromatic carbocycles. The maximum absolute atomic E-state index is 13.1. The van der Waals surface area contributed by atoms with Gasteiger partial charge in [-0.2, -0.15) is 4.31 Å². The maximum atomic E-state index is 13.1. The lowest BCUT2D eigenvalue weighted by Gasteiger charge is -2.22. The van der Waals surface area contributed by atoms with Crippen molar-refractivity contribution in [1.29, 1.82) is 0 Å². The van der Waals surface area contributed by atoms with Crippen LogP contribution in [0.15, 0.2) is 95.9 Å². The van der Waals surface area contributed by atoms with E-state index in [-0.39, 0.29) is 4.90 Å². The highest BCUT2D eigenvalue weighted by molar-refractivity contribution is 7.93. The molecule has 0 atom stereocenters. The van der Waals surface area contributed by atoms with Gasteiger partial charge in [0.25, 0.3) is 15.9 Å². The van der Waals surface area contributed by atoms with Gasteiger partial charge in [0.2, 0.25) is 0 Å². The largest absolute Gasteiger partial charge is 0.272 e. The minimum absolute atomic E-state index is 0.0677. The Bertz CT molecular complexity index is 924. The molecule has 1 amide bonds. The van der Waals surface area contributed by atoms with Crippen molar-refractivity contribution in [3.63, 3.8) is 0 Å². The van der Waals surface area contributed by atoms with Gasteiger partial charge < -0.3 is 0 Å². The van der Waals surface area contributed by atoms with Gasteiger partial charge in [0.05, 0.1) is 10.6 Å². The zero-order valence-electron chi connectivity index (χ0n) is 12.7. The first-order valence-electron chi connectivity index (χ1n) is 7.35. The van der Waals surface area contributed by atoms with Gasteiger partial charge >= 0.3 is 0 Å². The van der Waals surface area contributed by atoms with Gasteiger partial charge in [-0.25, -0.2) is 8.42 Å². The van der Waals surface area contributed by atoms with E-state index in [0.717, 1.165) is 4.31 Å². The fourth-order valence-electron chi connectivity index (χ4n) is 2.32. The van der Waals surface area contributed by atoms with E-state index in [4.69, 9.17) is 0 Å². The van der Waals surface area contributed by atoms with Crippen LogP contribution in [-0.4, -0.2) is 14.3 Å². The van der Waals surface area contributed by atoms with Crippen LogP contribution in [0.2, 0.25) is 0 Å². The van der Waals surface area contributed by atoms with Crippen LogP contribution < -0.4 is 4.31 Å². The number of hydrogen-bond donors (Lipinski definition) is 0. The van der Waals surface area contributed by atoms with Crippen molar-refractivity contribution in [2.24, 2.45) is 0 Å². The summed E-state index contributed by atoms with van der Waals surface area (Å²) in [5.41, 5.74) is 0.607. The van der Waals surface area contributed by atoms with E-state index in [0.29, 0.717) is 11.3 Å². The van der Waals surface area contributed by atoms with Crippen LogP contribution in [0.3, 0.4) is 0 Å². The molecule has 3 rings (SSSR count). The minimum atomic E-state index is -4.02. The molecule has 24 heavy (non-hydrogen) atoms. The van der Waals surface area contributed by atoms with Gasteiger partial charge in [-0.05, 0) is 36.4 Å². The number of rotatable bonds is 4. The Kier molecular flexibility index (Phi) is 4.44. The van der Waals surface area contributed by atoms with Crippen LogP contribution in [0.4, 0.5) is 5.69 Å². The number of hydrogen-bond acceptors (Lipinski definition) is 3. The molecule has 0 bridgehead atoms. The molecular formula is C19H15NO3S. The lowest BCUT2D eigenvalue weighted by atomic mass is 10.2. The monoisotopic (exact) mass is 337 g/mol. The zero-order chi connectivity index (χ0) is 17.0. The number of para-hydroxylation sites is 1. The standard InChI is InChI=1S/C19H15NO3S/c21-19(16-10-4-1-5-11-16)20(17-12-6-2-7-13-17)24(22,23)18-14-8-3-9-15-18/h1-15H. The van der Waals surface area contributed by atoms with Crippen molar-refractivity contribution in [3.8, 4) is 0 Å². The molecule has 0 aliphatic carbocycles. The molecule has 0 saturated heterocycles. The zero-order valence-corrected chi connectivity index (χ0v) is 13.6. The van der Waals surface area contributed by atoms with E-state index in [2.05, 4.69) is 0 Å². The first-order valence-corrected chi connectivity index (χ1v) is 8.79. The Balaban J connectivity index is 2.15. The Labute approximate surface area is 141 Å². The van der Waals surface area contributed by atoms with Crippen molar-refractivity contribution < 1.29 is 13.2 Å². The number of carbonyl (C=O) groups is 1. The highest BCUT2D eigenvalue weighted by atomic mass is 32.2. The van der Waals surface area contributed by atoms with Crippen molar-refractivity contribution in [2.45, 2.75) is 4.90 Å². The molecule has 0 N–H and O–H groups in total. The smallest absolute Gasteiger partial charge is 0.268 e. The third kappa shape index (κ3) is 3.07. The highest BCUT2D eigenvalue weighted by Gasteiger charge is 2.31. The normalized spacial score (nSPS) is 11.0. The molecule has 0 spiro atoms. The average molecular weight is 337 g/mol. The first-order chi connectivity index (χ1) is 11.6. The molecule has 0 aliphatic rings. The van der Waals surface area contributed by atoms with Gasteiger partial charge in [-0.1, -0.05) is 54.6 Å². The fraction of sp³-hybridized carbons (Fsp3) is 0. The average Bonchev–Trinajstić information content (AvgIpc) is 2.64. The van der Waals surface area contributed by atoms with E-state index >= 15 is 0 Å². The van der Waals surface area contributed by atoms with Gasteiger partial charge in [0.15, 0.2) is 0 Å². The molecule has 0 unspecified atom stereocenters. The fourth-order valence-corrected chi connectivity index (χ4v) is 3.76. The van der Waals surface area contributed by atoms with E-state index in [9.17, 15) is 13.2 Å². The molecule has 4 nitrogen and oxygen atoms in total. The molecule has 0 aromatic heterocycles. The molecule has 0 heterocycles. The van der Waals surface area contributed by atoms with Crippen LogP contribution in [0.1, 0.15) is 10.4 Å². The molecule has 120 valence electrons. The maximum Gasteiger partial charge on any atom is 0.272 e. The second-order valence-electron chi connectivity index (χ2n) is 5.09. The lowest BCUT2D eigenvalue weighted by Crippen LogP contribution is -2.37. The number of carbonyl (C=O) groups excluding carboxylic acids is 1. The molecule has 5 heteroatoms. The van der Waals surface area contributed by atoms with Crippen molar-refractivity contribution >= 4 is 21.6 Å². The molecule has 0 radical (unpaired) electrons. The van der Waals surface area contributed by atoms with Gasteiger partial charge in [-0.3, -0.25) is 4.79 Å². The Morgan fingerprint density at radius 1 is 0.667 bits per heavy atom. The quantitative estimate of drug-likeness (QED) is 0.729. The Morgan fingerprint density at radius 2 is 1.12 bits per heavy atom. The summed E-state index contributed by atoms with van der Waals surface area (Å²) in [4.78, 5) is 13.0. The predicted molar refractivity (Wildman–Crippen MR) is 93.3 cm³/mol. The van der Waals surface area contributed by atoms with Crippen LogP contribution in [0.25, 0.3) is 0 Å². The first kappa shape index (κ1) is 16.0. The van der Waals surface area contributed by atoms with E-state index in [1.165, 1.54) is 12.1 Å². The van der Waals surface area contributed by atoms with Crippen LogP contribution >= 0.6 is 0 Å². The van der Waals surface area contributed by atoms with Gasteiger partial charge in [0.1, 0.15) is 0 Å².